The first-order chi connectivity index (χ1) is 8.06. The Bertz CT molecular complexity index is 429. The molecule has 0 N–H and O–H groups in total. The van der Waals surface area contributed by atoms with Crippen molar-refractivity contribution in [3.8, 4) is 0 Å². The number of rotatable bonds is 5. The number of halogens is 2. The lowest BCUT2D eigenvalue weighted by atomic mass is 10.1. The Balaban J connectivity index is 1.98. The molecule has 0 amide bonds. The maximum Gasteiger partial charge on any atom is 0.179 e. The number of benzene rings is 1. The molecule has 0 saturated heterocycles. The summed E-state index contributed by atoms with van der Waals surface area (Å²) in [5.74, 6) is -1.06. The van der Waals surface area contributed by atoms with Crippen LogP contribution < -0.4 is 0 Å². The molecule has 0 bridgehead atoms. The fraction of sp³-hybridized carbons (Fsp3) is 0.462. The van der Waals surface area contributed by atoms with Crippen LogP contribution in [0.1, 0.15) is 23.2 Å². The van der Waals surface area contributed by atoms with Gasteiger partial charge in [-0.25, -0.2) is 8.78 Å². The first-order valence-electron chi connectivity index (χ1n) is 5.73. The normalized spacial score (nSPS) is 15.3. The molecule has 1 fully saturated rings. The van der Waals surface area contributed by atoms with Gasteiger partial charge in [-0.1, -0.05) is 0 Å². The molecule has 2 nitrogen and oxygen atoms in total. The third-order valence-corrected chi connectivity index (χ3v) is 2.91. The highest BCUT2D eigenvalue weighted by Crippen LogP contribution is 2.29. The van der Waals surface area contributed by atoms with Crippen LogP contribution in [0.4, 0.5) is 8.78 Å². The van der Waals surface area contributed by atoms with Crippen molar-refractivity contribution in [2.24, 2.45) is 5.92 Å². The quantitative estimate of drug-likeness (QED) is 0.736. The second-order valence-electron chi connectivity index (χ2n) is 4.69. The topological polar surface area (TPSA) is 20.3 Å². The molecule has 1 aromatic carbocycles. The number of carbonyl (C=O) groups excluding carboxylic acids is 1. The second kappa shape index (κ2) is 4.92. The predicted molar refractivity (Wildman–Crippen MR) is 60.9 cm³/mol. The van der Waals surface area contributed by atoms with Crippen molar-refractivity contribution in [2.45, 2.75) is 12.8 Å². The standard InChI is InChI=1S/C13H15F2NO/c1-16(7-9-2-3-9)8-13(17)11-5-4-10(14)6-12(11)15/h4-6,9H,2-3,7-8H2,1H3. The maximum absolute atomic E-state index is 13.3. The van der Waals surface area contributed by atoms with Gasteiger partial charge in [0.05, 0.1) is 12.1 Å². The van der Waals surface area contributed by atoms with Gasteiger partial charge in [0.25, 0.3) is 0 Å². The van der Waals surface area contributed by atoms with Crippen molar-refractivity contribution in [3.05, 3.63) is 35.4 Å². The summed E-state index contributed by atoms with van der Waals surface area (Å²) >= 11 is 0. The first kappa shape index (κ1) is 12.2. The van der Waals surface area contributed by atoms with E-state index in [4.69, 9.17) is 0 Å². The molecule has 4 heteroatoms. The van der Waals surface area contributed by atoms with Crippen molar-refractivity contribution in [2.75, 3.05) is 20.1 Å². The van der Waals surface area contributed by atoms with Crippen molar-refractivity contribution < 1.29 is 13.6 Å². The zero-order chi connectivity index (χ0) is 12.4. The lowest BCUT2D eigenvalue weighted by Gasteiger charge is -2.15. The molecule has 0 spiro atoms. The third kappa shape index (κ3) is 3.33. The van der Waals surface area contributed by atoms with Crippen LogP contribution in [0.3, 0.4) is 0 Å². The highest BCUT2D eigenvalue weighted by atomic mass is 19.1. The van der Waals surface area contributed by atoms with E-state index in [1.165, 1.54) is 18.9 Å². The molecule has 0 aliphatic heterocycles. The van der Waals surface area contributed by atoms with E-state index >= 15 is 0 Å². The molecule has 92 valence electrons. The Morgan fingerprint density at radius 3 is 2.71 bits per heavy atom. The van der Waals surface area contributed by atoms with Crippen LogP contribution in [0.2, 0.25) is 0 Å². The smallest absolute Gasteiger partial charge is 0.179 e. The minimum absolute atomic E-state index is 0.0333. The average Bonchev–Trinajstić information content (AvgIpc) is 3.00. The summed E-state index contributed by atoms with van der Waals surface area (Å²) in [4.78, 5) is 13.7. The van der Waals surface area contributed by atoms with E-state index in [-0.39, 0.29) is 17.9 Å². The molecule has 1 aliphatic carbocycles. The molecular formula is C13H15F2NO. The molecular weight excluding hydrogens is 224 g/mol. The number of carbonyl (C=O) groups is 1. The summed E-state index contributed by atoms with van der Waals surface area (Å²) in [6.07, 6.45) is 2.42. The largest absolute Gasteiger partial charge is 0.299 e. The zero-order valence-corrected chi connectivity index (χ0v) is 9.75. The Morgan fingerprint density at radius 2 is 2.12 bits per heavy atom. The van der Waals surface area contributed by atoms with Crippen LogP contribution in [0, 0.1) is 17.6 Å². The summed E-state index contributed by atoms with van der Waals surface area (Å²) in [7, 11) is 1.84. The maximum atomic E-state index is 13.3. The van der Waals surface area contributed by atoms with E-state index in [1.54, 1.807) is 0 Å². The number of nitrogens with zero attached hydrogens (tertiary/aromatic N) is 1. The van der Waals surface area contributed by atoms with Crippen LogP contribution in [-0.2, 0) is 0 Å². The highest BCUT2D eigenvalue weighted by Gasteiger charge is 2.24. The van der Waals surface area contributed by atoms with Gasteiger partial charge in [0, 0.05) is 12.6 Å². The fourth-order valence-electron chi connectivity index (χ4n) is 1.85. The monoisotopic (exact) mass is 239 g/mol. The molecule has 0 unspecified atom stereocenters. The predicted octanol–water partition coefficient (Wildman–Crippen LogP) is 2.49. The van der Waals surface area contributed by atoms with Crippen molar-refractivity contribution in [1.29, 1.82) is 0 Å². The van der Waals surface area contributed by atoms with E-state index < -0.39 is 11.6 Å². The third-order valence-electron chi connectivity index (χ3n) is 2.91. The average molecular weight is 239 g/mol. The van der Waals surface area contributed by atoms with Crippen molar-refractivity contribution in [3.63, 3.8) is 0 Å². The van der Waals surface area contributed by atoms with E-state index in [0.717, 1.165) is 18.7 Å². The van der Waals surface area contributed by atoms with Gasteiger partial charge in [-0.3, -0.25) is 9.69 Å². The lowest BCUT2D eigenvalue weighted by molar-refractivity contribution is 0.0940. The Labute approximate surface area is 99.2 Å². The summed E-state index contributed by atoms with van der Waals surface area (Å²) in [5, 5.41) is 0. The summed E-state index contributed by atoms with van der Waals surface area (Å²) in [6, 6.07) is 3.06. The van der Waals surface area contributed by atoms with E-state index in [1.807, 2.05) is 11.9 Å². The van der Waals surface area contributed by atoms with Crippen molar-refractivity contribution in [1.82, 2.24) is 4.90 Å². The van der Waals surface area contributed by atoms with E-state index in [2.05, 4.69) is 0 Å². The van der Waals surface area contributed by atoms with Crippen LogP contribution in [0.5, 0.6) is 0 Å². The van der Waals surface area contributed by atoms with Crippen molar-refractivity contribution >= 4 is 5.78 Å². The van der Waals surface area contributed by atoms with Gasteiger partial charge in [-0.15, -0.1) is 0 Å². The van der Waals surface area contributed by atoms with Gasteiger partial charge in [0.15, 0.2) is 5.78 Å². The number of hydrogen-bond donors (Lipinski definition) is 0. The van der Waals surface area contributed by atoms with Gasteiger partial charge in [-0.2, -0.15) is 0 Å². The molecule has 0 radical (unpaired) electrons. The minimum atomic E-state index is -0.783. The second-order valence-corrected chi connectivity index (χ2v) is 4.69. The summed E-state index contributed by atoms with van der Waals surface area (Å²) < 4.78 is 26.0. The Morgan fingerprint density at radius 1 is 1.41 bits per heavy atom. The van der Waals surface area contributed by atoms with Gasteiger partial charge in [-0.05, 0) is 37.9 Å². The number of likely N-dealkylation sites (N-methyl/N-ethyl adjacent to an activating group) is 1. The summed E-state index contributed by atoms with van der Waals surface area (Å²) in [5.41, 5.74) is -0.0333. The minimum Gasteiger partial charge on any atom is -0.299 e. The molecule has 17 heavy (non-hydrogen) atoms. The fourth-order valence-corrected chi connectivity index (χ4v) is 1.85. The van der Waals surface area contributed by atoms with Crippen LogP contribution >= 0.6 is 0 Å². The van der Waals surface area contributed by atoms with E-state index in [0.29, 0.717) is 5.92 Å². The molecule has 0 heterocycles. The molecule has 0 aromatic heterocycles. The van der Waals surface area contributed by atoms with Gasteiger partial charge < -0.3 is 0 Å². The van der Waals surface area contributed by atoms with Gasteiger partial charge in [0.2, 0.25) is 0 Å². The highest BCUT2D eigenvalue weighted by molar-refractivity contribution is 5.97. The van der Waals surface area contributed by atoms with Crippen LogP contribution in [0.25, 0.3) is 0 Å². The summed E-state index contributed by atoms with van der Waals surface area (Å²) in [6.45, 7) is 1.05. The Kier molecular flexibility index (Phi) is 3.52. The SMILES string of the molecule is CN(CC(=O)c1ccc(F)cc1F)CC1CC1. The van der Waals surface area contributed by atoms with Crippen LogP contribution in [0.15, 0.2) is 18.2 Å². The number of hydrogen-bond acceptors (Lipinski definition) is 2. The Hall–Kier alpha value is -1.29. The molecule has 1 aromatic rings. The number of Topliss-reactive ketones (excluding diaryl/α,β-unsaturated/α-hetero) is 1. The van der Waals surface area contributed by atoms with Gasteiger partial charge in [0.1, 0.15) is 11.6 Å². The van der Waals surface area contributed by atoms with E-state index in [9.17, 15) is 13.6 Å². The first-order valence-corrected chi connectivity index (χ1v) is 5.73. The zero-order valence-electron chi connectivity index (χ0n) is 9.75. The lowest BCUT2D eigenvalue weighted by Crippen LogP contribution is -2.28. The molecule has 1 saturated carbocycles. The molecule has 1 aliphatic rings. The van der Waals surface area contributed by atoms with Gasteiger partial charge >= 0.3 is 0 Å². The van der Waals surface area contributed by atoms with Crippen LogP contribution in [-0.4, -0.2) is 30.8 Å². The number of ketones is 1. The molecule has 2 rings (SSSR count). The molecule has 0 atom stereocenters.